The second-order valence-electron chi connectivity index (χ2n) is 6.65. The minimum absolute atomic E-state index is 0.0257. The standard InChI is InChI=1S/C20H16ClN3O6S3/c1-10-6-12(24(27)28)8-14(21)17(10)11-4-3-5-13(7-11)33(29,30)16-9-15(32-19(16)31-2)18(22)23-20(25)26/h3-9H,1-2H3,(H2,22,23)(H,25,26). The maximum absolute atomic E-state index is 13.4. The lowest BCUT2D eigenvalue weighted by Gasteiger charge is -2.11. The fourth-order valence-corrected chi connectivity index (χ4v) is 7.43. The summed E-state index contributed by atoms with van der Waals surface area (Å²) in [5.74, 6) is -0.300. The van der Waals surface area contributed by atoms with Crippen LogP contribution < -0.4 is 5.73 Å². The highest BCUT2D eigenvalue weighted by Crippen LogP contribution is 2.39. The minimum Gasteiger partial charge on any atom is -0.463 e. The number of nitro benzene ring substituents is 1. The molecular formula is C20H16ClN3O6S3. The van der Waals surface area contributed by atoms with E-state index in [1.165, 1.54) is 42.1 Å². The zero-order chi connectivity index (χ0) is 24.5. The molecule has 1 amide bonds. The Hall–Kier alpha value is -2.93. The van der Waals surface area contributed by atoms with E-state index < -0.39 is 20.9 Å². The van der Waals surface area contributed by atoms with Crippen molar-refractivity contribution in [2.45, 2.75) is 20.9 Å². The van der Waals surface area contributed by atoms with E-state index in [2.05, 4.69) is 4.99 Å². The van der Waals surface area contributed by atoms with Gasteiger partial charge in [0.25, 0.3) is 5.69 Å². The van der Waals surface area contributed by atoms with Gasteiger partial charge in [-0.1, -0.05) is 23.7 Å². The Morgan fingerprint density at radius 2 is 1.97 bits per heavy atom. The summed E-state index contributed by atoms with van der Waals surface area (Å²) < 4.78 is 27.3. The molecular weight excluding hydrogens is 510 g/mol. The van der Waals surface area contributed by atoms with Crippen LogP contribution in [0.5, 0.6) is 0 Å². The molecule has 0 aliphatic heterocycles. The topological polar surface area (TPSA) is 153 Å². The monoisotopic (exact) mass is 525 g/mol. The molecule has 3 N–H and O–H groups in total. The lowest BCUT2D eigenvalue weighted by molar-refractivity contribution is -0.384. The van der Waals surface area contributed by atoms with Crippen molar-refractivity contribution in [2.75, 3.05) is 6.26 Å². The number of amidine groups is 1. The van der Waals surface area contributed by atoms with E-state index in [9.17, 15) is 23.3 Å². The first-order chi connectivity index (χ1) is 15.4. The van der Waals surface area contributed by atoms with Crippen molar-refractivity contribution in [3.05, 3.63) is 68.0 Å². The fraction of sp³-hybridized carbons (Fsp3) is 0.100. The Morgan fingerprint density at radius 3 is 2.55 bits per heavy atom. The number of nitro groups is 1. The number of halogens is 1. The number of nitrogens with zero attached hydrogens (tertiary/aromatic N) is 2. The molecule has 3 aromatic rings. The fourth-order valence-electron chi connectivity index (χ4n) is 3.11. The number of non-ortho nitro benzene ring substituents is 1. The zero-order valence-corrected chi connectivity index (χ0v) is 20.3. The van der Waals surface area contributed by atoms with Crippen molar-refractivity contribution in [3.8, 4) is 11.1 Å². The number of hydrogen-bond acceptors (Lipinski definition) is 7. The van der Waals surface area contributed by atoms with Crippen LogP contribution in [0.25, 0.3) is 11.1 Å². The van der Waals surface area contributed by atoms with Gasteiger partial charge in [0.1, 0.15) is 5.84 Å². The minimum atomic E-state index is -4.02. The SMILES string of the molecule is CSc1sc(/C(N)=N\C(=O)O)cc1S(=O)(=O)c1cccc(-c2c(C)cc([N+](=O)[O-])cc2Cl)c1. The van der Waals surface area contributed by atoms with Gasteiger partial charge in [0.05, 0.1) is 28.8 Å². The molecule has 33 heavy (non-hydrogen) atoms. The summed E-state index contributed by atoms with van der Waals surface area (Å²) in [6.07, 6.45) is 0.203. The van der Waals surface area contributed by atoms with E-state index in [0.29, 0.717) is 20.9 Å². The quantitative estimate of drug-likeness (QED) is 0.146. The van der Waals surface area contributed by atoms with Gasteiger partial charge < -0.3 is 10.8 Å². The van der Waals surface area contributed by atoms with Gasteiger partial charge in [-0.3, -0.25) is 10.1 Å². The molecule has 9 nitrogen and oxygen atoms in total. The smallest absolute Gasteiger partial charge is 0.433 e. The van der Waals surface area contributed by atoms with Crippen LogP contribution in [0.15, 0.2) is 61.5 Å². The van der Waals surface area contributed by atoms with Crippen molar-refractivity contribution < 1.29 is 23.2 Å². The summed E-state index contributed by atoms with van der Waals surface area (Å²) in [6, 6.07) is 9.94. The van der Waals surface area contributed by atoms with Crippen LogP contribution in [0.3, 0.4) is 0 Å². The molecule has 0 bridgehead atoms. The lowest BCUT2D eigenvalue weighted by atomic mass is 10.00. The summed E-state index contributed by atoms with van der Waals surface area (Å²) in [6.45, 7) is 1.65. The highest BCUT2D eigenvalue weighted by atomic mass is 35.5. The number of thioether (sulfide) groups is 1. The molecule has 0 radical (unpaired) electrons. The molecule has 0 unspecified atom stereocenters. The number of nitrogens with two attached hydrogens (primary N) is 1. The molecule has 0 spiro atoms. The van der Waals surface area contributed by atoms with Crippen LogP contribution in [-0.4, -0.2) is 36.6 Å². The average molecular weight is 526 g/mol. The van der Waals surface area contributed by atoms with Crippen LogP contribution in [0.1, 0.15) is 10.4 Å². The molecule has 0 fully saturated rings. The third-order valence-electron chi connectivity index (χ3n) is 4.53. The van der Waals surface area contributed by atoms with Gasteiger partial charge >= 0.3 is 6.09 Å². The van der Waals surface area contributed by atoms with E-state index in [1.54, 1.807) is 25.3 Å². The number of carbonyl (C=O) groups is 1. The largest absolute Gasteiger partial charge is 0.463 e. The normalized spacial score (nSPS) is 12.0. The van der Waals surface area contributed by atoms with E-state index in [-0.39, 0.29) is 31.2 Å². The van der Waals surface area contributed by atoms with Gasteiger partial charge in [-0.25, -0.2) is 13.2 Å². The molecule has 1 heterocycles. The third kappa shape index (κ3) is 5.03. The van der Waals surface area contributed by atoms with E-state index in [1.807, 2.05) is 0 Å². The summed E-state index contributed by atoms with van der Waals surface area (Å²) in [7, 11) is -4.02. The first-order valence-electron chi connectivity index (χ1n) is 9.01. The molecule has 2 aromatic carbocycles. The third-order valence-corrected chi connectivity index (χ3v) is 9.15. The van der Waals surface area contributed by atoms with Gasteiger partial charge in [0.15, 0.2) is 0 Å². The molecule has 1 aromatic heterocycles. The van der Waals surface area contributed by atoms with Crippen molar-refractivity contribution in [1.82, 2.24) is 0 Å². The van der Waals surface area contributed by atoms with Gasteiger partial charge in [-0.15, -0.1) is 23.1 Å². The van der Waals surface area contributed by atoms with Gasteiger partial charge in [-0.05, 0) is 42.5 Å². The summed E-state index contributed by atoms with van der Waals surface area (Å²) >= 11 is 8.49. The van der Waals surface area contributed by atoms with Gasteiger partial charge in [0, 0.05) is 17.7 Å². The predicted octanol–water partition coefficient (Wildman–Crippen LogP) is 5.22. The number of amides is 1. The van der Waals surface area contributed by atoms with E-state index >= 15 is 0 Å². The second kappa shape index (κ2) is 9.51. The summed E-state index contributed by atoms with van der Waals surface area (Å²) in [5.41, 5.74) is 7.00. The molecule has 0 aliphatic rings. The molecule has 172 valence electrons. The Morgan fingerprint density at radius 1 is 1.27 bits per heavy atom. The second-order valence-corrected chi connectivity index (χ2v) is 11.1. The average Bonchev–Trinajstić information content (AvgIpc) is 3.18. The molecule has 0 saturated carbocycles. The van der Waals surface area contributed by atoms with Gasteiger partial charge in [0.2, 0.25) is 9.84 Å². The molecule has 3 rings (SSSR count). The Kier molecular flexibility index (Phi) is 7.12. The number of aliphatic imine (C=N–C) groups is 1. The number of thiophene rings is 1. The van der Waals surface area contributed by atoms with Crippen LogP contribution in [0.2, 0.25) is 5.02 Å². The predicted molar refractivity (Wildman–Crippen MR) is 129 cm³/mol. The van der Waals surface area contributed by atoms with Crippen molar-refractivity contribution in [1.29, 1.82) is 0 Å². The summed E-state index contributed by atoms with van der Waals surface area (Å²) in [5, 5.41) is 20.0. The van der Waals surface area contributed by atoms with Crippen molar-refractivity contribution >= 4 is 62.2 Å². The van der Waals surface area contributed by atoms with E-state index in [0.717, 1.165) is 11.3 Å². The maximum Gasteiger partial charge on any atom is 0.433 e. The first kappa shape index (κ1) is 24.7. The maximum atomic E-state index is 13.4. The van der Waals surface area contributed by atoms with Gasteiger partial charge in [-0.2, -0.15) is 4.99 Å². The Labute approximate surface area is 202 Å². The Balaban J connectivity index is 2.13. The van der Waals surface area contributed by atoms with E-state index in [4.69, 9.17) is 22.4 Å². The molecule has 0 atom stereocenters. The number of benzene rings is 2. The lowest BCUT2D eigenvalue weighted by Crippen LogP contribution is -2.13. The van der Waals surface area contributed by atoms with Crippen molar-refractivity contribution in [3.63, 3.8) is 0 Å². The number of hydrogen-bond donors (Lipinski definition) is 2. The Bertz CT molecular complexity index is 1390. The highest BCUT2D eigenvalue weighted by Gasteiger charge is 2.26. The summed E-state index contributed by atoms with van der Waals surface area (Å²) in [4.78, 5) is 24.7. The van der Waals surface area contributed by atoms with Crippen LogP contribution >= 0.6 is 34.7 Å². The van der Waals surface area contributed by atoms with Crippen LogP contribution in [0, 0.1) is 17.0 Å². The first-order valence-corrected chi connectivity index (χ1v) is 12.9. The van der Waals surface area contributed by atoms with Crippen LogP contribution in [-0.2, 0) is 9.84 Å². The molecule has 13 heteroatoms. The van der Waals surface area contributed by atoms with Crippen LogP contribution in [0.4, 0.5) is 10.5 Å². The molecule has 0 aliphatic carbocycles. The number of rotatable bonds is 6. The zero-order valence-electron chi connectivity index (χ0n) is 17.1. The highest BCUT2D eigenvalue weighted by molar-refractivity contribution is 8.01. The number of carboxylic acid groups (broad SMARTS) is 1. The van der Waals surface area contributed by atoms with Crippen molar-refractivity contribution in [2.24, 2.45) is 10.7 Å². The number of sulfone groups is 1. The number of aryl methyl sites for hydroxylation is 1. The molecule has 0 saturated heterocycles.